The molecule has 27 heavy (non-hydrogen) atoms. The summed E-state index contributed by atoms with van der Waals surface area (Å²) in [6.07, 6.45) is 5.73. The van der Waals surface area contributed by atoms with Crippen molar-refractivity contribution < 1.29 is 14.3 Å². The number of hydrogen-bond donors (Lipinski definition) is 3. The largest absolute Gasteiger partial charge is 0.493 e. The number of nitrogens with zero attached hydrogens (tertiary/aromatic N) is 1. The number of amides is 1. The molecule has 2 aliphatic rings. The van der Waals surface area contributed by atoms with Gasteiger partial charge in [-0.1, -0.05) is 6.07 Å². The zero-order chi connectivity index (χ0) is 18.6. The summed E-state index contributed by atoms with van der Waals surface area (Å²) < 4.78 is 11.6. The van der Waals surface area contributed by atoms with Gasteiger partial charge in [-0.2, -0.15) is 5.10 Å². The third-order valence-corrected chi connectivity index (χ3v) is 5.30. The highest BCUT2D eigenvalue weighted by Gasteiger charge is 2.22. The van der Waals surface area contributed by atoms with Crippen molar-refractivity contribution in [3.63, 3.8) is 0 Å². The van der Waals surface area contributed by atoms with Crippen LogP contribution < -0.4 is 20.1 Å². The molecule has 1 amide bonds. The Morgan fingerprint density at radius 2 is 2.15 bits per heavy atom. The van der Waals surface area contributed by atoms with Gasteiger partial charge in [0.2, 0.25) is 0 Å². The number of hydrogen-bond acceptors (Lipinski definition) is 5. The Labute approximate surface area is 158 Å². The summed E-state index contributed by atoms with van der Waals surface area (Å²) in [5.41, 5.74) is 3.47. The second kappa shape index (κ2) is 8.00. The van der Waals surface area contributed by atoms with E-state index in [9.17, 15) is 4.79 Å². The number of rotatable bonds is 6. The van der Waals surface area contributed by atoms with E-state index in [0.29, 0.717) is 18.8 Å². The van der Waals surface area contributed by atoms with E-state index in [-0.39, 0.29) is 12.0 Å². The van der Waals surface area contributed by atoms with Gasteiger partial charge >= 0.3 is 0 Å². The molecule has 0 saturated heterocycles. The number of carbonyl (C=O) groups excluding carboxylic acids is 1. The molecular weight excluding hydrogens is 344 g/mol. The van der Waals surface area contributed by atoms with E-state index in [2.05, 4.69) is 20.8 Å². The van der Waals surface area contributed by atoms with Crippen LogP contribution in [0.15, 0.2) is 18.2 Å². The Kier molecular flexibility index (Phi) is 5.29. The predicted molar refractivity (Wildman–Crippen MR) is 101 cm³/mol. The second-order valence-electron chi connectivity index (χ2n) is 7.15. The van der Waals surface area contributed by atoms with Gasteiger partial charge in [-0.3, -0.25) is 9.89 Å². The Morgan fingerprint density at radius 3 is 2.96 bits per heavy atom. The molecule has 0 spiro atoms. The first-order valence-corrected chi connectivity index (χ1v) is 9.63. The molecule has 1 aromatic carbocycles. The van der Waals surface area contributed by atoms with E-state index in [4.69, 9.17) is 9.47 Å². The molecule has 7 heteroatoms. The van der Waals surface area contributed by atoms with Crippen LogP contribution in [0.25, 0.3) is 0 Å². The van der Waals surface area contributed by atoms with Crippen LogP contribution in [-0.2, 0) is 19.5 Å². The van der Waals surface area contributed by atoms with E-state index in [1.807, 2.05) is 18.2 Å². The van der Waals surface area contributed by atoms with E-state index >= 15 is 0 Å². The number of fused-ring (bicyclic) bond motifs is 1. The third-order valence-electron chi connectivity index (χ3n) is 5.30. The van der Waals surface area contributed by atoms with E-state index < -0.39 is 0 Å². The fourth-order valence-electron chi connectivity index (χ4n) is 3.79. The molecule has 144 valence electrons. The minimum absolute atomic E-state index is 0.162. The van der Waals surface area contributed by atoms with E-state index in [0.717, 1.165) is 54.1 Å². The highest BCUT2D eigenvalue weighted by atomic mass is 16.5. The SMILES string of the molecule is COc1ccc(CNC(=O)c2n[nH]c3c2CNCC3)cc1OC1CCCC1. The molecule has 0 radical (unpaired) electrons. The van der Waals surface area contributed by atoms with Crippen LogP contribution in [-0.4, -0.2) is 35.9 Å². The molecule has 0 bridgehead atoms. The lowest BCUT2D eigenvalue weighted by atomic mass is 10.1. The minimum Gasteiger partial charge on any atom is -0.493 e. The zero-order valence-corrected chi connectivity index (χ0v) is 15.6. The molecule has 1 aromatic heterocycles. The van der Waals surface area contributed by atoms with Crippen LogP contribution in [0.1, 0.15) is 53.0 Å². The summed E-state index contributed by atoms with van der Waals surface area (Å²) in [5, 5.41) is 13.4. The van der Waals surface area contributed by atoms with Crippen molar-refractivity contribution in [1.29, 1.82) is 0 Å². The Morgan fingerprint density at radius 1 is 1.30 bits per heavy atom. The van der Waals surface area contributed by atoms with Gasteiger partial charge < -0.3 is 20.1 Å². The molecule has 7 nitrogen and oxygen atoms in total. The first kappa shape index (κ1) is 17.9. The number of carbonyl (C=O) groups is 1. The smallest absolute Gasteiger partial charge is 0.272 e. The van der Waals surface area contributed by atoms with Crippen molar-refractivity contribution in [3.8, 4) is 11.5 Å². The maximum Gasteiger partial charge on any atom is 0.272 e. The number of aromatic nitrogens is 2. The molecular formula is C20H26N4O3. The van der Waals surface area contributed by atoms with E-state index in [1.165, 1.54) is 12.8 Å². The standard InChI is InChI=1S/C20H26N4O3/c1-26-17-7-6-13(10-18(17)27-14-4-2-3-5-14)11-22-20(25)19-15-12-21-9-8-16(15)23-24-19/h6-7,10,14,21H,2-5,8-9,11-12H2,1H3,(H,22,25)(H,23,24). The Bertz CT molecular complexity index is 812. The molecule has 2 heterocycles. The van der Waals surface area contributed by atoms with Crippen molar-refractivity contribution in [2.24, 2.45) is 0 Å². The highest BCUT2D eigenvalue weighted by Crippen LogP contribution is 2.32. The molecule has 3 N–H and O–H groups in total. The van der Waals surface area contributed by atoms with Crippen LogP contribution >= 0.6 is 0 Å². The van der Waals surface area contributed by atoms with Crippen LogP contribution in [0.4, 0.5) is 0 Å². The normalized spacial score (nSPS) is 16.8. The lowest BCUT2D eigenvalue weighted by molar-refractivity contribution is 0.0944. The van der Waals surface area contributed by atoms with Crippen LogP contribution in [0.5, 0.6) is 11.5 Å². The summed E-state index contributed by atoms with van der Waals surface area (Å²) in [4.78, 5) is 12.6. The summed E-state index contributed by atoms with van der Waals surface area (Å²) in [7, 11) is 1.65. The molecule has 0 atom stereocenters. The van der Waals surface area contributed by atoms with Gasteiger partial charge in [-0.15, -0.1) is 0 Å². The molecule has 4 rings (SSSR count). The topological polar surface area (TPSA) is 88.3 Å². The molecule has 1 aliphatic heterocycles. The maximum atomic E-state index is 12.6. The molecule has 1 saturated carbocycles. The summed E-state index contributed by atoms with van der Waals surface area (Å²) >= 11 is 0. The monoisotopic (exact) mass is 370 g/mol. The summed E-state index contributed by atoms with van der Waals surface area (Å²) in [5.74, 6) is 1.31. The first-order valence-electron chi connectivity index (χ1n) is 9.63. The third kappa shape index (κ3) is 3.93. The van der Waals surface area contributed by atoms with Gasteiger partial charge in [0.25, 0.3) is 5.91 Å². The number of nitrogens with one attached hydrogen (secondary N) is 3. The molecule has 1 aliphatic carbocycles. The van der Waals surface area contributed by atoms with Crippen LogP contribution in [0.2, 0.25) is 0 Å². The highest BCUT2D eigenvalue weighted by molar-refractivity contribution is 5.94. The quantitative estimate of drug-likeness (QED) is 0.726. The summed E-state index contributed by atoms with van der Waals surface area (Å²) in [6.45, 7) is 2.00. The van der Waals surface area contributed by atoms with Gasteiger partial charge in [0.1, 0.15) is 0 Å². The fourth-order valence-corrected chi connectivity index (χ4v) is 3.79. The average molecular weight is 370 g/mol. The molecule has 1 fully saturated rings. The van der Waals surface area contributed by atoms with Gasteiger partial charge in [-0.05, 0) is 43.4 Å². The lowest BCUT2D eigenvalue weighted by Crippen LogP contribution is -2.28. The van der Waals surface area contributed by atoms with Crippen LogP contribution in [0.3, 0.4) is 0 Å². The minimum atomic E-state index is -0.162. The molecule has 0 unspecified atom stereocenters. The lowest BCUT2D eigenvalue weighted by Gasteiger charge is -2.17. The fraction of sp³-hybridized carbons (Fsp3) is 0.500. The Balaban J connectivity index is 1.43. The van der Waals surface area contributed by atoms with Crippen LogP contribution in [0, 0.1) is 0 Å². The number of ether oxygens (including phenoxy) is 2. The van der Waals surface area contributed by atoms with Crippen molar-refractivity contribution in [2.75, 3.05) is 13.7 Å². The van der Waals surface area contributed by atoms with Crippen molar-refractivity contribution in [2.45, 2.75) is 51.3 Å². The van der Waals surface area contributed by atoms with Gasteiger partial charge in [0.15, 0.2) is 17.2 Å². The number of methoxy groups -OCH3 is 1. The first-order chi connectivity index (χ1) is 13.2. The van der Waals surface area contributed by atoms with Gasteiger partial charge in [-0.25, -0.2) is 0 Å². The van der Waals surface area contributed by atoms with Crippen molar-refractivity contribution in [1.82, 2.24) is 20.8 Å². The predicted octanol–water partition coefficient (Wildman–Crippen LogP) is 2.32. The summed E-state index contributed by atoms with van der Waals surface area (Å²) in [6, 6.07) is 5.80. The zero-order valence-electron chi connectivity index (χ0n) is 15.6. The molecule has 2 aromatic rings. The maximum absolute atomic E-state index is 12.6. The number of aromatic amines is 1. The number of benzene rings is 1. The second-order valence-corrected chi connectivity index (χ2v) is 7.15. The van der Waals surface area contributed by atoms with Crippen molar-refractivity contribution in [3.05, 3.63) is 40.7 Å². The van der Waals surface area contributed by atoms with Gasteiger partial charge in [0, 0.05) is 37.3 Å². The van der Waals surface area contributed by atoms with E-state index in [1.54, 1.807) is 7.11 Å². The van der Waals surface area contributed by atoms with Gasteiger partial charge in [0.05, 0.1) is 13.2 Å². The average Bonchev–Trinajstić information content (AvgIpc) is 3.36. The number of H-pyrrole nitrogens is 1. The van der Waals surface area contributed by atoms with Crippen molar-refractivity contribution >= 4 is 5.91 Å². The Hall–Kier alpha value is -2.54.